The molecule has 0 aliphatic carbocycles. The van der Waals surface area contributed by atoms with E-state index in [2.05, 4.69) is 244 Å². The van der Waals surface area contributed by atoms with Crippen molar-refractivity contribution in [1.29, 1.82) is 0 Å². The molecule has 16 aromatic rings. The summed E-state index contributed by atoms with van der Waals surface area (Å²) in [5.74, 6) is 4.06. The average molecular weight is 1120 g/mol. The molecule has 9 heteroatoms. The van der Waals surface area contributed by atoms with Crippen LogP contribution in [0.15, 0.2) is 182 Å². The molecular formula is C78H57B3O6. The zero-order valence-corrected chi connectivity index (χ0v) is 50.0. The van der Waals surface area contributed by atoms with Gasteiger partial charge in [-0.2, -0.15) is 0 Å². The van der Waals surface area contributed by atoms with Gasteiger partial charge >= 0.3 is 21.4 Å². The van der Waals surface area contributed by atoms with Gasteiger partial charge in [0.1, 0.15) is 34.5 Å². The molecule has 3 aliphatic heterocycles. The third kappa shape index (κ3) is 7.20. The summed E-state index contributed by atoms with van der Waals surface area (Å²) < 4.78 is 41.5. The van der Waals surface area contributed by atoms with Gasteiger partial charge in [-0.3, -0.25) is 0 Å². The van der Waals surface area contributed by atoms with Crippen molar-refractivity contribution >= 4 is 167 Å². The molecule has 16 aromatic carbocycles. The molecule has 87 heavy (non-hydrogen) atoms. The Hall–Kier alpha value is -9.59. The van der Waals surface area contributed by atoms with E-state index in [1.807, 2.05) is 0 Å². The summed E-state index contributed by atoms with van der Waals surface area (Å²) in [4.78, 5) is 0. The SMILES string of the molecule is CC(C)(C)c1cc2ccc3cc(B4Oc5cc6c7cc8c(cc7c7cc9c(cc7c6cc5O4)OB(c4cc5ccc6cc(C(C)(C)C)cc7ccc(c4)c5c67)O9)OB(c4cc5ccc6cc(C(C)(C)C)cc7ccc(c4)c5c67)O8)cc4ccc(c1)c2c34. The molecule has 0 saturated carbocycles. The molecule has 0 N–H and O–H groups in total. The highest BCUT2D eigenvalue weighted by atomic mass is 16.6. The first-order valence-corrected chi connectivity index (χ1v) is 30.6. The first-order valence-electron chi connectivity index (χ1n) is 30.6. The van der Waals surface area contributed by atoms with Crippen molar-refractivity contribution in [3.8, 4) is 34.5 Å². The molecule has 6 nitrogen and oxygen atoms in total. The minimum Gasteiger partial charge on any atom is -0.519 e. The van der Waals surface area contributed by atoms with Gasteiger partial charge in [-0.25, -0.2) is 0 Å². The highest BCUT2D eigenvalue weighted by Crippen LogP contribution is 2.51. The maximum absolute atomic E-state index is 6.92. The molecule has 0 radical (unpaired) electrons. The van der Waals surface area contributed by atoms with E-state index in [1.165, 1.54) is 81.3 Å². The zero-order chi connectivity index (χ0) is 58.5. The number of fused-ring (bicyclic) bond motifs is 9. The zero-order valence-electron chi connectivity index (χ0n) is 50.0. The van der Waals surface area contributed by atoms with Gasteiger partial charge in [0, 0.05) is 16.4 Å². The van der Waals surface area contributed by atoms with Crippen LogP contribution < -0.4 is 44.3 Å². The minimum atomic E-state index is -0.660. The molecule has 3 aliphatic rings. The van der Waals surface area contributed by atoms with Crippen LogP contribution in [-0.4, -0.2) is 21.4 Å². The number of hydrogen-bond acceptors (Lipinski definition) is 6. The predicted molar refractivity (Wildman–Crippen MR) is 365 cm³/mol. The molecule has 0 spiro atoms. The van der Waals surface area contributed by atoms with Crippen LogP contribution in [0.2, 0.25) is 0 Å². The van der Waals surface area contributed by atoms with Crippen molar-refractivity contribution in [2.24, 2.45) is 0 Å². The summed E-state index contributed by atoms with van der Waals surface area (Å²) in [7, 11) is -1.98. The van der Waals surface area contributed by atoms with E-state index in [0.717, 1.165) is 81.0 Å². The van der Waals surface area contributed by atoms with Gasteiger partial charge in [-0.15, -0.1) is 0 Å². The van der Waals surface area contributed by atoms with Gasteiger partial charge in [-0.1, -0.05) is 208 Å². The van der Waals surface area contributed by atoms with E-state index >= 15 is 0 Å². The fourth-order valence-electron chi connectivity index (χ4n) is 15.0. The van der Waals surface area contributed by atoms with Crippen molar-refractivity contribution in [2.45, 2.75) is 78.6 Å². The minimum absolute atomic E-state index is 0.0420. The quantitative estimate of drug-likeness (QED) is 0.130. The molecule has 414 valence electrons. The Labute approximate surface area is 503 Å². The van der Waals surface area contributed by atoms with Crippen LogP contribution in [0.1, 0.15) is 79.0 Å². The lowest BCUT2D eigenvalue weighted by molar-refractivity contribution is 0.518. The fraction of sp³-hybridized carbons (Fsp3) is 0.154. The molecule has 3 heterocycles. The smallest absolute Gasteiger partial charge is 0.519 e. The second kappa shape index (κ2) is 16.7. The Bertz CT molecular complexity index is 4860. The van der Waals surface area contributed by atoms with Crippen LogP contribution >= 0.6 is 0 Å². The first kappa shape index (κ1) is 49.7. The van der Waals surface area contributed by atoms with Gasteiger partial charge in [0.25, 0.3) is 0 Å². The lowest BCUT2D eigenvalue weighted by Gasteiger charge is -2.21. The molecule has 19 rings (SSSR count). The number of benzene rings is 16. The molecule has 0 atom stereocenters. The van der Waals surface area contributed by atoms with Crippen molar-refractivity contribution in [2.75, 3.05) is 0 Å². The van der Waals surface area contributed by atoms with Crippen LogP contribution in [0.4, 0.5) is 0 Å². The highest BCUT2D eigenvalue weighted by Gasteiger charge is 2.40. The Balaban J connectivity index is 0.729. The van der Waals surface area contributed by atoms with E-state index in [-0.39, 0.29) is 16.2 Å². The summed E-state index contributed by atoms with van der Waals surface area (Å²) >= 11 is 0. The van der Waals surface area contributed by atoms with Gasteiger partial charge in [-0.05, 0) is 199 Å². The van der Waals surface area contributed by atoms with Crippen molar-refractivity contribution in [1.82, 2.24) is 0 Å². The van der Waals surface area contributed by atoms with Crippen molar-refractivity contribution in [3.05, 3.63) is 199 Å². The monoisotopic (exact) mass is 1120 g/mol. The second-order valence-electron chi connectivity index (χ2n) is 28.3. The van der Waals surface area contributed by atoms with E-state index < -0.39 is 21.4 Å². The van der Waals surface area contributed by atoms with Crippen molar-refractivity contribution in [3.63, 3.8) is 0 Å². The summed E-state index contributed by atoms with van der Waals surface area (Å²) in [5.41, 5.74) is 7.00. The Morgan fingerprint density at radius 2 is 0.356 bits per heavy atom. The number of rotatable bonds is 3. The highest BCUT2D eigenvalue weighted by molar-refractivity contribution is 6.66. The maximum atomic E-state index is 6.92. The normalized spacial score (nSPS) is 14.5. The van der Waals surface area contributed by atoms with Gasteiger partial charge in [0.15, 0.2) is 0 Å². The molecule has 0 bridgehead atoms. The van der Waals surface area contributed by atoms with Crippen LogP contribution in [0.5, 0.6) is 34.5 Å². The molecule has 0 fully saturated rings. The summed E-state index contributed by atoms with van der Waals surface area (Å²) in [6.07, 6.45) is 0. The maximum Gasteiger partial charge on any atom is 0.632 e. The summed E-state index contributed by atoms with van der Waals surface area (Å²) in [6, 6.07) is 67.5. The van der Waals surface area contributed by atoms with Crippen LogP contribution in [0.3, 0.4) is 0 Å². The lowest BCUT2D eigenvalue weighted by Crippen LogP contribution is -2.39. The molecule has 0 unspecified atom stereocenters. The largest absolute Gasteiger partial charge is 0.632 e. The Kier molecular flexibility index (Phi) is 9.52. The van der Waals surface area contributed by atoms with Crippen LogP contribution in [0.25, 0.3) is 129 Å². The molecule has 0 amide bonds. The number of hydrogen-bond donors (Lipinski definition) is 0. The Morgan fingerprint density at radius 3 is 0.506 bits per heavy atom. The predicted octanol–water partition coefficient (Wildman–Crippen LogP) is 18.2. The molecule has 0 saturated heterocycles. The van der Waals surface area contributed by atoms with Gasteiger partial charge < -0.3 is 27.9 Å². The van der Waals surface area contributed by atoms with Crippen LogP contribution in [0, 0.1) is 0 Å². The van der Waals surface area contributed by atoms with E-state index in [9.17, 15) is 0 Å². The van der Waals surface area contributed by atoms with E-state index in [1.54, 1.807) is 0 Å². The Morgan fingerprint density at radius 1 is 0.207 bits per heavy atom. The average Bonchev–Trinajstić information content (AvgIpc) is 1.85. The standard InChI is InChI=1S/C78H57B3O6/c1-76(2,3)52-22-40-10-16-46-28-55(29-47-17-11-41(23-52)70(40)73(46)47)79-82-64-34-58-59(35-65(64)83-79)61-37-67-69(87-81(85-67)57-32-50-20-14-44-26-54(78(7,8)9)27-45-15-21-51(33-57)75(50)72(44)45)39-63(61)62-38-68-66(36-60(58)62)84-80(86-68)56-30-48-18-12-42-24-53(77(4,5)6)25-43-13-19-49(31-56)74(48)71(42)43/h10-39H,1-9H3. The fourth-order valence-corrected chi connectivity index (χ4v) is 15.0. The van der Waals surface area contributed by atoms with E-state index in [0.29, 0.717) is 34.5 Å². The molecule has 0 aromatic heterocycles. The van der Waals surface area contributed by atoms with Gasteiger partial charge in [0.2, 0.25) is 0 Å². The summed E-state index contributed by atoms with van der Waals surface area (Å²) in [5, 5.41) is 28.2. The van der Waals surface area contributed by atoms with E-state index in [4.69, 9.17) is 27.9 Å². The molecular weight excluding hydrogens is 1070 g/mol. The van der Waals surface area contributed by atoms with Crippen LogP contribution in [-0.2, 0) is 16.2 Å². The van der Waals surface area contributed by atoms with Gasteiger partial charge in [0.05, 0.1) is 0 Å². The topological polar surface area (TPSA) is 55.4 Å². The third-order valence-corrected chi connectivity index (χ3v) is 19.6. The van der Waals surface area contributed by atoms with Crippen molar-refractivity contribution < 1.29 is 27.9 Å². The lowest BCUT2D eigenvalue weighted by atomic mass is 9.76. The summed E-state index contributed by atoms with van der Waals surface area (Å²) in [6.45, 7) is 20.5. The second-order valence-corrected chi connectivity index (χ2v) is 28.3. The third-order valence-electron chi connectivity index (χ3n) is 19.6. The first-order chi connectivity index (χ1) is 41.9.